The summed E-state index contributed by atoms with van der Waals surface area (Å²) in [5.41, 5.74) is 2.62. The minimum atomic E-state index is -0.278. The lowest BCUT2D eigenvalue weighted by atomic mass is 10.2. The predicted octanol–water partition coefficient (Wildman–Crippen LogP) is 0.932. The van der Waals surface area contributed by atoms with E-state index < -0.39 is 0 Å². The number of anilines is 1. The van der Waals surface area contributed by atoms with Gasteiger partial charge < -0.3 is 15.0 Å². The Morgan fingerprint density at radius 1 is 1.38 bits per heavy atom. The second-order valence-electron chi connectivity index (χ2n) is 5.82. The summed E-state index contributed by atoms with van der Waals surface area (Å²) in [7, 11) is 1.79. The lowest BCUT2D eigenvalue weighted by Gasteiger charge is -2.33. The number of hydrogen-bond acceptors (Lipinski definition) is 6. The van der Waals surface area contributed by atoms with Crippen LogP contribution in [0.1, 0.15) is 23.2 Å². The fourth-order valence-electron chi connectivity index (χ4n) is 2.88. The molecule has 1 atom stereocenters. The second kappa shape index (κ2) is 6.96. The van der Waals surface area contributed by atoms with E-state index in [-0.39, 0.29) is 18.6 Å². The highest BCUT2D eigenvalue weighted by molar-refractivity contribution is 5.76. The molecule has 128 valence electrons. The third kappa shape index (κ3) is 3.38. The normalized spacial score (nSPS) is 17.8. The highest BCUT2D eigenvalue weighted by Crippen LogP contribution is 2.25. The lowest BCUT2D eigenvalue weighted by molar-refractivity contribution is -0.140. The van der Waals surface area contributed by atoms with Crippen molar-refractivity contribution in [3.63, 3.8) is 0 Å². The molecule has 0 aliphatic carbocycles. The Labute approximate surface area is 140 Å². The molecule has 8 nitrogen and oxygen atoms in total. The summed E-state index contributed by atoms with van der Waals surface area (Å²) in [5.74, 6) is 0.708. The fraction of sp³-hybridized carbons (Fsp3) is 0.500. The molecule has 0 bridgehead atoms. The maximum absolute atomic E-state index is 12.6. The molecule has 0 aromatic carbocycles. The van der Waals surface area contributed by atoms with Crippen LogP contribution in [0.2, 0.25) is 0 Å². The number of ether oxygens (including phenoxy) is 1. The van der Waals surface area contributed by atoms with E-state index in [4.69, 9.17) is 4.74 Å². The Morgan fingerprint density at radius 3 is 2.88 bits per heavy atom. The molecule has 1 aliphatic heterocycles. The third-order valence-corrected chi connectivity index (χ3v) is 4.08. The van der Waals surface area contributed by atoms with E-state index in [9.17, 15) is 4.79 Å². The summed E-state index contributed by atoms with van der Waals surface area (Å²) in [6.07, 6.45) is 2.99. The zero-order valence-electron chi connectivity index (χ0n) is 14.2. The van der Waals surface area contributed by atoms with Gasteiger partial charge in [-0.15, -0.1) is 0 Å². The van der Waals surface area contributed by atoms with Crippen LogP contribution in [-0.4, -0.2) is 57.3 Å². The van der Waals surface area contributed by atoms with Crippen molar-refractivity contribution in [3.8, 4) is 0 Å². The molecule has 1 N–H and O–H groups in total. The summed E-state index contributed by atoms with van der Waals surface area (Å²) in [6.45, 7) is 5.63. The molecular formula is C16H22N6O2. The SMILES string of the molecule is CNc1nccnc1[C@@H]1CN(C(=O)Cn2nc(C)cc2C)CCO1. The summed E-state index contributed by atoms with van der Waals surface area (Å²) in [6, 6.07) is 1.97. The zero-order valence-corrected chi connectivity index (χ0v) is 14.2. The fourth-order valence-corrected chi connectivity index (χ4v) is 2.88. The molecule has 0 unspecified atom stereocenters. The number of nitrogens with one attached hydrogen (secondary N) is 1. The van der Waals surface area contributed by atoms with Crippen LogP contribution < -0.4 is 5.32 Å². The van der Waals surface area contributed by atoms with E-state index in [2.05, 4.69) is 20.4 Å². The first-order valence-electron chi connectivity index (χ1n) is 7.97. The van der Waals surface area contributed by atoms with Crippen molar-refractivity contribution in [2.75, 3.05) is 32.1 Å². The molecule has 0 spiro atoms. The number of morpholine rings is 1. The Kier molecular flexibility index (Phi) is 4.75. The van der Waals surface area contributed by atoms with Crippen molar-refractivity contribution in [1.82, 2.24) is 24.6 Å². The molecule has 3 heterocycles. The van der Waals surface area contributed by atoms with Crippen LogP contribution in [0, 0.1) is 13.8 Å². The van der Waals surface area contributed by atoms with E-state index in [0.29, 0.717) is 25.5 Å². The van der Waals surface area contributed by atoms with Crippen molar-refractivity contribution in [3.05, 3.63) is 35.5 Å². The number of carbonyl (C=O) groups excluding carboxylic acids is 1. The van der Waals surface area contributed by atoms with Gasteiger partial charge in [-0.05, 0) is 19.9 Å². The van der Waals surface area contributed by atoms with Gasteiger partial charge in [0.1, 0.15) is 24.2 Å². The summed E-state index contributed by atoms with van der Waals surface area (Å²) < 4.78 is 7.55. The monoisotopic (exact) mass is 330 g/mol. The molecule has 1 amide bonds. The molecule has 2 aromatic rings. The number of aryl methyl sites for hydroxylation is 2. The van der Waals surface area contributed by atoms with Gasteiger partial charge in [-0.3, -0.25) is 14.5 Å². The van der Waals surface area contributed by atoms with E-state index in [1.165, 1.54) is 0 Å². The zero-order chi connectivity index (χ0) is 17.1. The van der Waals surface area contributed by atoms with Crippen LogP contribution in [0.5, 0.6) is 0 Å². The maximum Gasteiger partial charge on any atom is 0.244 e. The standard InChI is InChI=1S/C16H22N6O2/c1-11-8-12(2)22(20-11)10-14(23)21-6-7-24-13(9-21)15-16(17-3)19-5-4-18-15/h4-5,8,13H,6-7,9-10H2,1-3H3,(H,17,19)/t13-/m0/s1. The average molecular weight is 330 g/mol. The van der Waals surface area contributed by atoms with Crippen LogP contribution in [0.4, 0.5) is 5.82 Å². The Morgan fingerprint density at radius 2 is 2.17 bits per heavy atom. The topological polar surface area (TPSA) is 85.2 Å². The number of rotatable bonds is 4. The maximum atomic E-state index is 12.6. The molecule has 0 radical (unpaired) electrons. The predicted molar refractivity (Wildman–Crippen MR) is 88.6 cm³/mol. The first kappa shape index (κ1) is 16.4. The van der Waals surface area contributed by atoms with E-state index >= 15 is 0 Å². The molecule has 1 aliphatic rings. The van der Waals surface area contributed by atoms with Gasteiger partial charge in [0.2, 0.25) is 5.91 Å². The van der Waals surface area contributed by atoms with Crippen LogP contribution in [0.3, 0.4) is 0 Å². The smallest absolute Gasteiger partial charge is 0.244 e. The summed E-state index contributed by atoms with van der Waals surface area (Å²) >= 11 is 0. The molecular weight excluding hydrogens is 308 g/mol. The summed E-state index contributed by atoms with van der Waals surface area (Å²) in [5, 5.41) is 7.37. The van der Waals surface area contributed by atoms with Gasteiger partial charge >= 0.3 is 0 Å². The van der Waals surface area contributed by atoms with Gasteiger partial charge in [0.15, 0.2) is 0 Å². The minimum Gasteiger partial charge on any atom is -0.372 e. The Bertz CT molecular complexity index is 729. The molecule has 0 saturated carbocycles. The van der Waals surface area contributed by atoms with Crippen molar-refractivity contribution < 1.29 is 9.53 Å². The Hall–Kier alpha value is -2.48. The molecule has 1 saturated heterocycles. The average Bonchev–Trinajstić information content (AvgIpc) is 2.92. The molecule has 24 heavy (non-hydrogen) atoms. The van der Waals surface area contributed by atoms with Crippen molar-refractivity contribution in [2.45, 2.75) is 26.5 Å². The van der Waals surface area contributed by atoms with Crippen LogP contribution in [-0.2, 0) is 16.1 Å². The first-order chi connectivity index (χ1) is 11.6. The number of hydrogen-bond donors (Lipinski definition) is 1. The third-order valence-electron chi connectivity index (χ3n) is 4.08. The largest absolute Gasteiger partial charge is 0.372 e. The number of carbonyl (C=O) groups is 1. The molecule has 3 rings (SSSR count). The van der Waals surface area contributed by atoms with Gasteiger partial charge in [-0.25, -0.2) is 4.98 Å². The van der Waals surface area contributed by atoms with Crippen LogP contribution in [0.15, 0.2) is 18.5 Å². The van der Waals surface area contributed by atoms with Gasteiger partial charge in [-0.2, -0.15) is 5.10 Å². The van der Waals surface area contributed by atoms with Gasteiger partial charge in [0.25, 0.3) is 0 Å². The van der Waals surface area contributed by atoms with Crippen molar-refractivity contribution in [2.24, 2.45) is 0 Å². The van der Waals surface area contributed by atoms with Crippen molar-refractivity contribution in [1.29, 1.82) is 0 Å². The van der Waals surface area contributed by atoms with E-state index in [1.54, 1.807) is 29.0 Å². The first-order valence-corrected chi connectivity index (χ1v) is 7.97. The van der Waals surface area contributed by atoms with Gasteiger partial charge in [-0.1, -0.05) is 0 Å². The van der Waals surface area contributed by atoms with Gasteiger partial charge in [0.05, 0.1) is 18.8 Å². The second-order valence-corrected chi connectivity index (χ2v) is 5.82. The van der Waals surface area contributed by atoms with E-state index in [1.807, 2.05) is 19.9 Å². The highest BCUT2D eigenvalue weighted by Gasteiger charge is 2.28. The van der Waals surface area contributed by atoms with Crippen LogP contribution in [0.25, 0.3) is 0 Å². The number of aromatic nitrogens is 4. The number of amides is 1. The molecule has 2 aromatic heterocycles. The lowest BCUT2D eigenvalue weighted by Crippen LogP contribution is -2.44. The number of nitrogens with zero attached hydrogens (tertiary/aromatic N) is 5. The highest BCUT2D eigenvalue weighted by atomic mass is 16.5. The van der Waals surface area contributed by atoms with Crippen LogP contribution >= 0.6 is 0 Å². The van der Waals surface area contributed by atoms with E-state index in [0.717, 1.165) is 17.1 Å². The van der Waals surface area contributed by atoms with Crippen molar-refractivity contribution >= 4 is 11.7 Å². The summed E-state index contributed by atoms with van der Waals surface area (Å²) in [4.78, 5) is 23.0. The minimum absolute atomic E-state index is 0.0318. The quantitative estimate of drug-likeness (QED) is 0.898. The Balaban J connectivity index is 1.71. The molecule has 1 fully saturated rings. The van der Waals surface area contributed by atoms with Gasteiger partial charge in [0, 0.05) is 31.7 Å². The molecule has 8 heteroatoms.